The summed E-state index contributed by atoms with van der Waals surface area (Å²) >= 11 is 0. The molecule has 0 aliphatic carbocycles. The quantitative estimate of drug-likeness (QED) is 0.404. The SMILES string of the molecule is O=S(=O)(Oc1ccc2c(ccn2-c2ccc(F)cc2)c1)C(F)(F)F. The van der Waals surface area contributed by atoms with E-state index in [0.29, 0.717) is 16.6 Å². The van der Waals surface area contributed by atoms with Crippen LogP contribution in [0, 0.1) is 5.82 Å². The Morgan fingerprint density at radius 3 is 2.25 bits per heavy atom. The van der Waals surface area contributed by atoms with Gasteiger partial charge in [0, 0.05) is 17.3 Å². The number of hydrogen-bond acceptors (Lipinski definition) is 3. The first kappa shape index (κ1) is 16.3. The second-order valence-electron chi connectivity index (χ2n) is 4.87. The monoisotopic (exact) mass is 359 g/mol. The molecule has 9 heteroatoms. The lowest BCUT2D eigenvalue weighted by Gasteiger charge is -2.10. The van der Waals surface area contributed by atoms with E-state index in [-0.39, 0.29) is 0 Å². The summed E-state index contributed by atoms with van der Waals surface area (Å²) in [4.78, 5) is 0. The molecule has 4 nitrogen and oxygen atoms in total. The van der Waals surface area contributed by atoms with Gasteiger partial charge in [-0.1, -0.05) is 0 Å². The minimum absolute atomic E-state index is 0.400. The summed E-state index contributed by atoms with van der Waals surface area (Å²) in [6.07, 6.45) is 1.62. The van der Waals surface area contributed by atoms with E-state index in [9.17, 15) is 26.0 Å². The van der Waals surface area contributed by atoms with Crippen LogP contribution in [0.15, 0.2) is 54.7 Å². The van der Waals surface area contributed by atoms with E-state index in [0.717, 1.165) is 6.07 Å². The lowest BCUT2D eigenvalue weighted by molar-refractivity contribution is -0.0500. The van der Waals surface area contributed by atoms with Crippen LogP contribution in [0.3, 0.4) is 0 Å². The van der Waals surface area contributed by atoms with Gasteiger partial charge in [0.25, 0.3) is 0 Å². The number of halogens is 4. The molecule has 0 saturated carbocycles. The number of hydrogen-bond donors (Lipinski definition) is 0. The summed E-state index contributed by atoms with van der Waals surface area (Å²) in [5, 5.41) is 0.467. The Bertz CT molecular complexity index is 992. The first-order valence-corrected chi connectivity index (χ1v) is 7.96. The lowest BCUT2D eigenvalue weighted by atomic mass is 10.2. The van der Waals surface area contributed by atoms with Crippen LogP contribution in [0.4, 0.5) is 17.6 Å². The zero-order valence-corrected chi connectivity index (χ0v) is 12.6. The van der Waals surface area contributed by atoms with Gasteiger partial charge < -0.3 is 8.75 Å². The molecule has 0 spiro atoms. The third-order valence-corrected chi connectivity index (χ3v) is 4.23. The standard InChI is InChI=1S/C15H9F4NO3S/c16-11-1-3-12(4-2-11)20-8-7-10-9-13(5-6-14(10)20)23-24(21,22)15(17,18)19/h1-9H. The summed E-state index contributed by atoms with van der Waals surface area (Å²) < 4.78 is 77.8. The molecule has 126 valence electrons. The van der Waals surface area contributed by atoms with Crippen LogP contribution in [0.25, 0.3) is 16.6 Å². The van der Waals surface area contributed by atoms with Gasteiger partial charge in [0.1, 0.15) is 11.6 Å². The van der Waals surface area contributed by atoms with Crippen LogP contribution >= 0.6 is 0 Å². The van der Waals surface area contributed by atoms with Gasteiger partial charge in [0.2, 0.25) is 0 Å². The van der Waals surface area contributed by atoms with Crippen molar-refractivity contribution in [3.63, 3.8) is 0 Å². The molecule has 3 aromatic rings. The topological polar surface area (TPSA) is 48.3 Å². The van der Waals surface area contributed by atoms with Crippen molar-refractivity contribution in [2.24, 2.45) is 0 Å². The molecule has 0 aliphatic rings. The molecular formula is C15H9F4NO3S. The molecule has 2 aromatic carbocycles. The molecule has 0 radical (unpaired) electrons. The third kappa shape index (κ3) is 2.94. The molecule has 0 aliphatic heterocycles. The maximum Gasteiger partial charge on any atom is 0.534 e. The molecule has 1 heterocycles. The fraction of sp³-hybridized carbons (Fsp3) is 0.0667. The molecular weight excluding hydrogens is 350 g/mol. The summed E-state index contributed by atoms with van der Waals surface area (Å²) in [6.45, 7) is 0. The van der Waals surface area contributed by atoms with Crippen molar-refractivity contribution >= 4 is 21.0 Å². The van der Waals surface area contributed by atoms with Gasteiger partial charge in [-0.2, -0.15) is 21.6 Å². The van der Waals surface area contributed by atoms with Gasteiger partial charge >= 0.3 is 15.6 Å². The molecule has 0 bridgehead atoms. The van der Waals surface area contributed by atoms with Crippen molar-refractivity contribution in [1.82, 2.24) is 4.57 Å². The first-order valence-electron chi connectivity index (χ1n) is 6.55. The summed E-state index contributed by atoms with van der Waals surface area (Å²) in [7, 11) is -5.72. The molecule has 1 aromatic heterocycles. The minimum atomic E-state index is -5.72. The Kier molecular flexibility index (Phi) is 3.75. The minimum Gasteiger partial charge on any atom is -0.376 e. The zero-order chi connectivity index (χ0) is 17.5. The molecule has 0 atom stereocenters. The number of benzene rings is 2. The predicted molar refractivity (Wildman–Crippen MR) is 78.8 cm³/mol. The Morgan fingerprint density at radius 2 is 1.62 bits per heavy atom. The normalized spacial score (nSPS) is 12.5. The van der Waals surface area contributed by atoms with Crippen molar-refractivity contribution in [1.29, 1.82) is 0 Å². The van der Waals surface area contributed by atoms with Crippen LogP contribution in [0.1, 0.15) is 0 Å². The zero-order valence-electron chi connectivity index (χ0n) is 11.8. The van der Waals surface area contributed by atoms with E-state index < -0.39 is 27.2 Å². The Balaban J connectivity index is 1.98. The molecule has 0 unspecified atom stereocenters. The second kappa shape index (κ2) is 5.52. The van der Waals surface area contributed by atoms with E-state index in [1.807, 2.05) is 0 Å². The predicted octanol–water partition coefficient (Wildman–Crippen LogP) is 4.00. The maximum absolute atomic E-state index is 13.0. The fourth-order valence-electron chi connectivity index (χ4n) is 2.17. The Morgan fingerprint density at radius 1 is 0.958 bits per heavy atom. The van der Waals surface area contributed by atoms with Crippen molar-refractivity contribution < 1.29 is 30.2 Å². The molecule has 0 fully saturated rings. The molecule has 0 N–H and O–H groups in total. The number of rotatable bonds is 3. The van der Waals surface area contributed by atoms with Crippen LogP contribution in [-0.4, -0.2) is 18.5 Å². The number of aromatic nitrogens is 1. The van der Waals surface area contributed by atoms with Crippen molar-refractivity contribution in [3.8, 4) is 11.4 Å². The van der Waals surface area contributed by atoms with Crippen LogP contribution in [0.5, 0.6) is 5.75 Å². The van der Waals surface area contributed by atoms with Gasteiger partial charge in [-0.05, 0) is 48.5 Å². The lowest BCUT2D eigenvalue weighted by Crippen LogP contribution is -2.28. The maximum atomic E-state index is 13.0. The fourth-order valence-corrected chi connectivity index (χ4v) is 2.62. The van der Waals surface area contributed by atoms with Crippen molar-refractivity contribution in [3.05, 3.63) is 60.5 Å². The van der Waals surface area contributed by atoms with E-state index >= 15 is 0 Å². The first-order chi connectivity index (χ1) is 11.2. The average Bonchev–Trinajstić information content (AvgIpc) is 2.89. The summed E-state index contributed by atoms with van der Waals surface area (Å²) in [5.74, 6) is -0.847. The Labute approximate surface area is 134 Å². The van der Waals surface area contributed by atoms with Crippen LogP contribution in [0.2, 0.25) is 0 Å². The highest BCUT2D eigenvalue weighted by Gasteiger charge is 2.48. The van der Waals surface area contributed by atoms with E-state index in [2.05, 4.69) is 4.18 Å². The van der Waals surface area contributed by atoms with E-state index in [1.165, 1.54) is 36.4 Å². The van der Waals surface area contributed by atoms with E-state index in [4.69, 9.17) is 0 Å². The highest BCUT2D eigenvalue weighted by molar-refractivity contribution is 7.88. The number of fused-ring (bicyclic) bond motifs is 1. The Hall–Kier alpha value is -2.55. The number of alkyl halides is 3. The summed E-state index contributed by atoms with van der Waals surface area (Å²) in [5.41, 5.74) is -4.26. The van der Waals surface area contributed by atoms with Gasteiger partial charge in [0.05, 0.1) is 5.52 Å². The average molecular weight is 359 g/mol. The van der Waals surface area contributed by atoms with Gasteiger partial charge in [-0.3, -0.25) is 0 Å². The van der Waals surface area contributed by atoms with Crippen molar-refractivity contribution in [2.75, 3.05) is 0 Å². The van der Waals surface area contributed by atoms with Crippen LogP contribution in [-0.2, 0) is 10.1 Å². The molecule has 0 saturated heterocycles. The number of nitrogens with zero attached hydrogens (tertiary/aromatic N) is 1. The molecule has 0 amide bonds. The second-order valence-corrected chi connectivity index (χ2v) is 6.40. The smallest absolute Gasteiger partial charge is 0.376 e. The van der Waals surface area contributed by atoms with Gasteiger partial charge in [0.15, 0.2) is 0 Å². The van der Waals surface area contributed by atoms with Crippen molar-refractivity contribution in [2.45, 2.75) is 5.51 Å². The largest absolute Gasteiger partial charge is 0.534 e. The summed E-state index contributed by atoms with van der Waals surface area (Å²) in [6, 6.07) is 10.9. The molecule has 3 rings (SSSR count). The van der Waals surface area contributed by atoms with Crippen LogP contribution < -0.4 is 4.18 Å². The highest BCUT2D eigenvalue weighted by atomic mass is 32.2. The van der Waals surface area contributed by atoms with Gasteiger partial charge in [-0.25, -0.2) is 4.39 Å². The third-order valence-electron chi connectivity index (χ3n) is 3.26. The molecule has 24 heavy (non-hydrogen) atoms. The van der Waals surface area contributed by atoms with Gasteiger partial charge in [-0.15, -0.1) is 0 Å². The van der Waals surface area contributed by atoms with E-state index in [1.54, 1.807) is 16.8 Å². The highest BCUT2D eigenvalue weighted by Crippen LogP contribution is 2.30.